The molecule has 2 amide bonds. The SMILES string of the molecule is CCOC(=O)c1ccc(NC(=O)C2CC(=O)N(c3ccc(OC)cc3OC)C2)cc1. The third kappa shape index (κ3) is 4.53. The number of benzene rings is 2. The fraction of sp³-hybridized carbons (Fsp3) is 0.318. The minimum absolute atomic E-state index is 0.0991. The van der Waals surface area contributed by atoms with Crippen LogP contribution in [-0.2, 0) is 14.3 Å². The van der Waals surface area contributed by atoms with E-state index >= 15 is 0 Å². The van der Waals surface area contributed by atoms with Crippen molar-refractivity contribution < 1.29 is 28.6 Å². The first-order chi connectivity index (χ1) is 14.5. The lowest BCUT2D eigenvalue weighted by atomic mass is 10.1. The van der Waals surface area contributed by atoms with Gasteiger partial charge in [-0.25, -0.2) is 4.79 Å². The van der Waals surface area contributed by atoms with Gasteiger partial charge in [0.25, 0.3) is 0 Å². The molecule has 30 heavy (non-hydrogen) atoms. The summed E-state index contributed by atoms with van der Waals surface area (Å²) in [5.74, 6) is -0.227. The van der Waals surface area contributed by atoms with Crippen molar-refractivity contribution >= 4 is 29.2 Å². The summed E-state index contributed by atoms with van der Waals surface area (Å²) >= 11 is 0. The first-order valence-corrected chi connectivity index (χ1v) is 9.57. The minimum atomic E-state index is -0.506. The van der Waals surface area contributed by atoms with E-state index in [1.165, 1.54) is 7.11 Å². The number of ether oxygens (including phenoxy) is 3. The predicted molar refractivity (Wildman–Crippen MR) is 111 cm³/mol. The third-order valence-electron chi connectivity index (χ3n) is 4.84. The van der Waals surface area contributed by atoms with Crippen molar-refractivity contribution in [2.24, 2.45) is 5.92 Å². The number of methoxy groups -OCH3 is 2. The zero-order valence-corrected chi connectivity index (χ0v) is 17.1. The van der Waals surface area contributed by atoms with Crippen molar-refractivity contribution in [2.75, 3.05) is 37.6 Å². The Kier molecular flexibility index (Phi) is 6.56. The number of hydrogen-bond donors (Lipinski definition) is 1. The van der Waals surface area contributed by atoms with Gasteiger partial charge in [-0.2, -0.15) is 0 Å². The number of rotatable bonds is 7. The van der Waals surface area contributed by atoms with Crippen LogP contribution in [0.3, 0.4) is 0 Å². The van der Waals surface area contributed by atoms with Crippen molar-refractivity contribution in [3.8, 4) is 11.5 Å². The lowest BCUT2D eigenvalue weighted by Crippen LogP contribution is -2.28. The molecular formula is C22H24N2O6. The molecule has 8 nitrogen and oxygen atoms in total. The summed E-state index contributed by atoms with van der Waals surface area (Å²) in [7, 11) is 3.07. The number of anilines is 2. The van der Waals surface area contributed by atoms with Crippen LogP contribution in [0.25, 0.3) is 0 Å². The van der Waals surface area contributed by atoms with E-state index in [4.69, 9.17) is 14.2 Å². The van der Waals surface area contributed by atoms with Gasteiger partial charge >= 0.3 is 5.97 Å². The summed E-state index contributed by atoms with van der Waals surface area (Å²) in [6.45, 7) is 2.27. The topological polar surface area (TPSA) is 94.2 Å². The van der Waals surface area contributed by atoms with E-state index in [0.717, 1.165) is 0 Å². The number of carbonyl (C=O) groups excluding carboxylic acids is 3. The van der Waals surface area contributed by atoms with Crippen molar-refractivity contribution in [1.82, 2.24) is 0 Å². The first kappa shape index (κ1) is 21.2. The van der Waals surface area contributed by atoms with Crippen LogP contribution in [0.2, 0.25) is 0 Å². The van der Waals surface area contributed by atoms with Crippen LogP contribution in [-0.4, -0.2) is 45.2 Å². The standard InChI is InChI=1S/C22H24N2O6/c1-4-30-22(27)14-5-7-16(8-6-14)23-21(26)15-11-20(25)24(13-15)18-10-9-17(28-2)12-19(18)29-3/h5-10,12,15H,4,11,13H2,1-3H3,(H,23,26). The average Bonchev–Trinajstić information content (AvgIpc) is 3.15. The Bertz CT molecular complexity index is 941. The highest BCUT2D eigenvalue weighted by atomic mass is 16.5. The molecule has 2 aromatic carbocycles. The van der Waals surface area contributed by atoms with Gasteiger partial charge in [-0.15, -0.1) is 0 Å². The van der Waals surface area contributed by atoms with Crippen molar-refractivity contribution in [1.29, 1.82) is 0 Å². The number of nitrogens with zero attached hydrogens (tertiary/aromatic N) is 1. The fourth-order valence-electron chi connectivity index (χ4n) is 3.27. The number of nitrogens with one attached hydrogen (secondary N) is 1. The molecule has 0 bridgehead atoms. The monoisotopic (exact) mass is 412 g/mol. The molecule has 0 saturated carbocycles. The Morgan fingerprint density at radius 2 is 1.83 bits per heavy atom. The first-order valence-electron chi connectivity index (χ1n) is 9.57. The highest BCUT2D eigenvalue weighted by molar-refractivity contribution is 6.04. The second-order valence-electron chi connectivity index (χ2n) is 6.73. The molecule has 1 N–H and O–H groups in total. The van der Waals surface area contributed by atoms with Gasteiger partial charge in [-0.05, 0) is 43.3 Å². The Labute approximate surface area is 174 Å². The Morgan fingerprint density at radius 3 is 2.47 bits per heavy atom. The van der Waals surface area contributed by atoms with Crippen LogP contribution in [0.15, 0.2) is 42.5 Å². The molecule has 1 unspecified atom stereocenters. The smallest absolute Gasteiger partial charge is 0.338 e. The molecular weight excluding hydrogens is 388 g/mol. The van der Waals surface area contributed by atoms with Gasteiger partial charge < -0.3 is 24.4 Å². The number of carbonyl (C=O) groups is 3. The molecule has 1 aliphatic heterocycles. The number of hydrogen-bond acceptors (Lipinski definition) is 6. The van der Waals surface area contributed by atoms with E-state index in [0.29, 0.717) is 35.0 Å². The largest absolute Gasteiger partial charge is 0.497 e. The maximum Gasteiger partial charge on any atom is 0.338 e. The van der Waals surface area contributed by atoms with Crippen LogP contribution in [0, 0.1) is 5.92 Å². The molecule has 1 atom stereocenters. The van der Waals surface area contributed by atoms with Gasteiger partial charge in [0, 0.05) is 24.7 Å². The molecule has 158 valence electrons. The highest BCUT2D eigenvalue weighted by Gasteiger charge is 2.36. The maximum absolute atomic E-state index is 12.7. The zero-order chi connectivity index (χ0) is 21.7. The van der Waals surface area contributed by atoms with Crippen molar-refractivity contribution in [3.05, 3.63) is 48.0 Å². The molecule has 0 aromatic heterocycles. The van der Waals surface area contributed by atoms with Gasteiger partial charge in [-0.1, -0.05) is 0 Å². The zero-order valence-electron chi connectivity index (χ0n) is 17.1. The molecule has 0 radical (unpaired) electrons. The Hall–Kier alpha value is -3.55. The molecule has 3 rings (SSSR count). The van der Waals surface area contributed by atoms with Crippen molar-refractivity contribution in [3.63, 3.8) is 0 Å². The van der Waals surface area contributed by atoms with Crippen molar-refractivity contribution in [2.45, 2.75) is 13.3 Å². The van der Waals surface area contributed by atoms with Crippen LogP contribution in [0.4, 0.5) is 11.4 Å². The lowest BCUT2D eigenvalue weighted by Gasteiger charge is -2.20. The quantitative estimate of drug-likeness (QED) is 0.703. The second-order valence-corrected chi connectivity index (χ2v) is 6.73. The summed E-state index contributed by atoms with van der Waals surface area (Å²) in [6.07, 6.45) is 0.0991. The van der Waals surface area contributed by atoms with E-state index in [1.54, 1.807) is 61.4 Å². The molecule has 8 heteroatoms. The molecule has 0 aliphatic carbocycles. The maximum atomic E-state index is 12.7. The minimum Gasteiger partial charge on any atom is -0.497 e. The van der Waals surface area contributed by atoms with Crippen LogP contribution in [0.1, 0.15) is 23.7 Å². The molecule has 1 heterocycles. The Morgan fingerprint density at radius 1 is 1.10 bits per heavy atom. The Balaban J connectivity index is 1.67. The summed E-state index contributed by atoms with van der Waals surface area (Å²) < 4.78 is 15.5. The lowest BCUT2D eigenvalue weighted by molar-refractivity contribution is -0.122. The second kappa shape index (κ2) is 9.30. The van der Waals surface area contributed by atoms with Gasteiger partial charge in [0.15, 0.2) is 0 Å². The summed E-state index contributed by atoms with van der Waals surface area (Å²) in [4.78, 5) is 38.5. The van der Waals surface area contributed by atoms with E-state index < -0.39 is 11.9 Å². The van der Waals surface area contributed by atoms with Crippen LogP contribution < -0.4 is 19.7 Å². The summed E-state index contributed by atoms with van der Waals surface area (Å²) in [5.41, 5.74) is 1.54. The fourth-order valence-corrected chi connectivity index (χ4v) is 3.27. The summed E-state index contributed by atoms with van der Waals surface area (Å²) in [5, 5.41) is 2.80. The predicted octanol–water partition coefficient (Wildman–Crippen LogP) is 2.87. The van der Waals surface area contributed by atoms with E-state index in [1.807, 2.05) is 0 Å². The van der Waals surface area contributed by atoms with E-state index in [9.17, 15) is 14.4 Å². The third-order valence-corrected chi connectivity index (χ3v) is 4.84. The van der Waals surface area contributed by atoms with Crippen LogP contribution >= 0.6 is 0 Å². The van der Waals surface area contributed by atoms with Gasteiger partial charge in [0.2, 0.25) is 11.8 Å². The average molecular weight is 412 g/mol. The molecule has 1 saturated heterocycles. The molecule has 1 aliphatic rings. The summed E-state index contributed by atoms with van der Waals surface area (Å²) in [6, 6.07) is 11.6. The van der Waals surface area contributed by atoms with Gasteiger partial charge in [-0.3, -0.25) is 9.59 Å². The van der Waals surface area contributed by atoms with E-state index in [-0.39, 0.29) is 24.8 Å². The van der Waals surface area contributed by atoms with Gasteiger partial charge in [0.05, 0.1) is 38.0 Å². The normalized spacial score (nSPS) is 15.6. The number of esters is 1. The number of amides is 2. The molecule has 1 fully saturated rings. The highest BCUT2D eigenvalue weighted by Crippen LogP contribution is 2.36. The molecule has 0 spiro atoms. The van der Waals surface area contributed by atoms with E-state index in [2.05, 4.69) is 5.32 Å². The molecule has 2 aromatic rings. The van der Waals surface area contributed by atoms with Crippen LogP contribution in [0.5, 0.6) is 11.5 Å². The van der Waals surface area contributed by atoms with Gasteiger partial charge in [0.1, 0.15) is 11.5 Å².